The Labute approximate surface area is 129 Å². The van der Waals surface area contributed by atoms with Gasteiger partial charge in [0.15, 0.2) is 9.84 Å². The highest BCUT2D eigenvalue weighted by Gasteiger charge is 2.42. The fourth-order valence-electron chi connectivity index (χ4n) is 2.85. The molecule has 1 aliphatic heterocycles. The van der Waals surface area contributed by atoms with Gasteiger partial charge in [0, 0.05) is 18.2 Å². The van der Waals surface area contributed by atoms with E-state index in [1.807, 2.05) is 0 Å². The van der Waals surface area contributed by atoms with Gasteiger partial charge in [-0.1, -0.05) is 0 Å². The van der Waals surface area contributed by atoms with Crippen LogP contribution in [0.1, 0.15) is 31.4 Å². The summed E-state index contributed by atoms with van der Waals surface area (Å²) in [5.41, 5.74) is -0.905. The maximum Gasteiger partial charge on any atom is 0.248 e. The Morgan fingerprint density at radius 3 is 2.55 bits per heavy atom. The molecule has 2 rings (SSSR count). The van der Waals surface area contributed by atoms with Gasteiger partial charge in [-0.25, -0.2) is 17.2 Å². The Kier molecular flexibility index (Phi) is 4.50. The lowest BCUT2D eigenvalue weighted by Crippen LogP contribution is -2.35. The van der Waals surface area contributed by atoms with Crippen molar-refractivity contribution in [3.8, 4) is 5.75 Å². The van der Waals surface area contributed by atoms with Gasteiger partial charge in [0.25, 0.3) is 0 Å². The first-order valence-corrected chi connectivity index (χ1v) is 8.91. The van der Waals surface area contributed by atoms with Gasteiger partial charge >= 0.3 is 0 Å². The summed E-state index contributed by atoms with van der Waals surface area (Å²) in [4.78, 5) is 0.00391. The lowest BCUT2D eigenvalue weighted by Gasteiger charge is -2.32. The van der Waals surface area contributed by atoms with Crippen molar-refractivity contribution in [1.29, 1.82) is 0 Å². The van der Waals surface area contributed by atoms with Crippen LogP contribution in [-0.4, -0.2) is 38.9 Å². The number of benzene rings is 1. The number of rotatable bonds is 5. The fourth-order valence-corrected chi connectivity index (χ4v) is 3.54. The molecule has 0 saturated carbocycles. The number of fused-ring (bicyclic) bond motifs is 1. The molecular weight excluding hydrogens is 314 g/mol. The standard InChI is InChI=1S/C15H20F2O4S/c1-9(18)8-15(2,14(16)17)12-7-11(22(3,19)20)6-10-4-5-21-13(10)12/h6-7,9,14,18H,4-5,8H2,1-3H3. The molecule has 0 radical (unpaired) electrons. The molecule has 1 aromatic rings. The lowest BCUT2D eigenvalue weighted by molar-refractivity contribution is 0.0247. The zero-order valence-corrected chi connectivity index (χ0v) is 13.6. The summed E-state index contributed by atoms with van der Waals surface area (Å²) in [5.74, 6) is 0.329. The van der Waals surface area contributed by atoms with Gasteiger partial charge < -0.3 is 9.84 Å². The van der Waals surface area contributed by atoms with Gasteiger partial charge in [0.2, 0.25) is 6.43 Å². The van der Waals surface area contributed by atoms with Crippen LogP contribution in [0.4, 0.5) is 8.78 Å². The zero-order valence-electron chi connectivity index (χ0n) is 12.8. The van der Waals surface area contributed by atoms with Gasteiger partial charge in [-0.2, -0.15) is 0 Å². The van der Waals surface area contributed by atoms with E-state index in [9.17, 15) is 22.3 Å². The first kappa shape index (κ1) is 17.1. The molecule has 7 heteroatoms. The molecule has 1 aliphatic rings. The minimum absolute atomic E-state index is 0.00391. The molecular formula is C15H20F2O4S. The number of aliphatic hydroxyl groups excluding tert-OH is 1. The maximum atomic E-state index is 13.7. The Hall–Kier alpha value is -1.21. The molecule has 22 heavy (non-hydrogen) atoms. The second kappa shape index (κ2) is 5.77. The number of hydrogen-bond donors (Lipinski definition) is 1. The first-order chi connectivity index (χ1) is 10.1. The van der Waals surface area contributed by atoms with E-state index in [2.05, 4.69) is 0 Å². The van der Waals surface area contributed by atoms with Gasteiger partial charge in [-0.05, 0) is 38.0 Å². The van der Waals surface area contributed by atoms with E-state index >= 15 is 0 Å². The highest BCUT2D eigenvalue weighted by molar-refractivity contribution is 7.90. The summed E-state index contributed by atoms with van der Waals surface area (Å²) in [6.45, 7) is 3.10. The molecule has 0 amide bonds. The van der Waals surface area contributed by atoms with Gasteiger partial charge in [0.1, 0.15) is 5.75 Å². The third-order valence-corrected chi connectivity index (χ3v) is 5.09. The minimum Gasteiger partial charge on any atom is -0.493 e. The van der Waals surface area contributed by atoms with Crippen LogP contribution in [-0.2, 0) is 21.7 Å². The van der Waals surface area contributed by atoms with E-state index in [0.717, 1.165) is 6.26 Å². The molecule has 1 N–H and O–H groups in total. The minimum atomic E-state index is -3.52. The van der Waals surface area contributed by atoms with Crippen LogP contribution < -0.4 is 4.74 Å². The summed E-state index contributed by atoms with van der Waals surface area (Å²) in [5, 5.41) is 9.58. The molecule has 2 unspecified atom stereocenters. The molecule has 1 aromatic carbocycles. The SMILES string of the molecule is CC(O)CC(C)(c1cc(S(C)(=O)=O)cc2c1OCC2)C(F)F. The number of aliphatic hydroxyl groups is 1. The van der Waals surface area contributed by atoms with E-state index in [4.69, 9.17) is 4.74 Å². The molecule has 4 nitrogen and oxygen atoms in total. The van der Waals surface area contributed by atoms with Crippen LogP contribution in [0.2, 0.25) is 0 Å². The first-order valence-electron chi connectivity index (χ1n) is 7.02. The summed E-state index contributed by atoms with van der Waals surface area (Å²) < 4.78 is 56.5. The molecule has 0 spiro atoms. The largest absolute Gasteiger partial charge is 0.493 e. The van der Waals surface area contributed by atoms with E-state index in [1.54, 1.807) is 0 Å². The normalized spacial score (nSPS) is 18.7. The van der Waals surface area contributed by atoms with Crippen LogP contribution in [0.25, 0.3) is 0 Å². The summed E-state index contributed by atoms with van der Waals surface area (Å²) in [7, 11) is -3.52. The fraction of sp³-hybridized carbons (Fsp3) is 0.600. The maximum absolute atomic E-state index is 13.7. The molecule has 124 valence electrons. The van der Waals surface area contributed by atoms with Crippen molar-refractivity contribution < 1.29 is 27.0 Å². The Balaban J connectivity index is 2.69. The molecule has 0 saturated heterocycles. The van der Waals surface area contributed by atoms with Gasteiger partial charge in [-0.3, -0.25) is 0 Å². The van der Waals surface area contributed by atoms with E-state index in [-0.39, 0.29) is 16.9 Å². The molecule has 0 fully saturated rings. The molecule has 0 aromatic heterocycles. The van der Waals surface area contributed by atoms with E-state index < -0.39 is 27.8 Å². The smallest absolute Gasteiger partial charge is 0.248 e. The monoisotopic (exact) mass is 334 g/mol. The topological polar surface area (TPSA) is 63.6 Å². The highest BCUT2D eigenvalue weighted by Crippen LogP contribution is 2.44. The third-order valence-electron chi connectivity index (χ3n) is 4.00. The predicted molar refractivity (Wildman–Crippen MR) is 78.4 cm³/mol. The number of hydrogen-bond acceptors (Lipinski definition) is 4. The van der Waals surface area contributed by atoms with Crippen LogP contribution in [0.5, 0.6) is 5.75 Å². The number of ether oxygens (including phenoxy) is 1. The van der Waals surface area contributed by atoms with Crippen molar-refractivity contribution in [2.24, 2.45) is 0 Å². The molecule has 2 atom stereocenters. The van der Waals surface area contributed by atoms with E-state index in [0.29, 0.717) is 24.3 Å². The van der Waals surface area contributed by atoms with Crippen molar-refractivity contribution >= 4 is 9.84 Å². The number of alkyl halides is 2. The van der Waals surface area contributed by atoms with Crippen LogP contribution in [0, 0.1) is 0 Å². The summed E-state index contributed by atoms with van der Waals surface area (Å²) in [6, 6.07) is 2.74. The second-order valence-electron chi connectivity index (χ2n) is 6.10. The molecule has 0 aliphatic carbocycles. The van der Waals surface area contributed by atoms with Crippen molar-refractivity contribution in [3.05, 3.63) is 23.3 Å². The van der Waals surface area contributed by atoms with E-state index in [1.165, 1.54) is 26.0 Å². The zero-order chi connectivity index (χ0) is 16.7. The summed E-state index contributed by atoms with van der Waals surface area (Å²) in [6.07, 6.45) is -2.36. The Morgan fingerprint density at radius 1 is 1.41 bits per heavy atom. The Morgan fingerprint density at radius 2 is 2.05 bits per heavy atom. The lowest BCUT2D eigenvalue weighted by atomic mass is 9.77. The van der Waals surface area contributed by atoms with Gasteiger partial charge in [0.05, 0.1) is 23.0 Å². The average Bonchev–Trinajstić information content (AvgIpc) is 2.83. The van der Waals surface area contributed by atoms with Crippen molar-refractivity contribution in [2.45, 2.75) is 49.5 Å². The van der Waals surface area contributed by atoms with Crippen LogP contribution >= 0.6 is 0 Å². The molecule has 1 heterocycles. The highest BCUT2D eigenvalue weighted by atomic mass is 32.2. The number of sulfone groups is 1. The average molecular weight is 334 g/mol. The third kappa shape index (κ3) is 3.10. The van der Waals surface area contributed by atoms with Crippen LogP contribution in [0.3, 0.4) is 0 Å². The summed E-state index contributed by atoms with van der Waals surface area (Å²) >= 11 is 0. The van der Waals surface area contributed by atoms with Crippen molar-refractivity contribution in [3.63, 3.8) is 0 Å². The van der Waals surface area contributed by atoms with Crippen molar-refractivity contribution in [1.82, 2.24) is 0 Å². The van der Waals surface area contributed by atoms with Gasteiger partial charge in [-0.15, -0.1) is 0 Å². The molecule has 0 bridgehead atoms. The quantitative estimate of drug-likeness (QED) is 0.897. The van der Waals surface area contributed by atoms with Crippen LogP contribution in [0.15, 0.2) is 17.0 Å². The predicted octanol–water partition coefficient (Wildman–Crippen LogP) is 2.32. The number of halogens is 2. The van der Waals surface area contributed by atoms with Crippen molar-refractivity contribution in [2.75, 3.05) is 12.9 Å². The second-order valence-corrected chi connectivity index (χ2v) is 8.12. The Bertz CT molecular complexity index is 670.